The fourth-order valence-corrected chi connectivity index (χ4v) is 6.91. The minimum atomic E-state index is -0.552. The van der Waals surface area contributed by atoms with Crippen molar-refractivity contribution in [3.8, 4) is 28.4 Å². The first-order valence-corrected chi connectivity index (χ1v) is 26.5. The summed E-state index contributed by atoms with van der Waals surface area (Å²) in [6.07, 6.45) is 13.0. The van der Waals surface area contributed by atoms with Gasteiger partial charge in [-0.25, -0.2) is 0 Å². The van der Waals surface area contributed by atoms with Crippen molar-refractivity contribution in [1.82, 2.24) is 0 Å². The van der Waals surface area contributed by atoms with Crippen molar-refractivity contribution in [3.63, 3.8) is 0 Å². The Hall–Kier alpha value is -5.52. The topological polar surface area (TPSA) is 130 Å². The van der Waals surface area contributed by atoms with Crippen molar-refractivity contribution in [1.29, 1.82) is 0 Å². The lowest BCUT2D eigenvalue weighted by molar-refractivity contribution is 0.107. The van der Waals surface area contributed by atoms with Crippen LogP contribution in [-0.4, -0.2) is 51.3 Å². The Bertz CT molecular complexity index is 2520. The van der Waals surface area contributed by atoms with E-state index in [1.165, 1.54) is 69.2 Å². The second-order valence-corrected chi connectivity index (χ2v) is 18.2. The predicted octanol–water partition coefficient (Wildman–Crippen LogP) is 17.9. The van der Waals surface area contributed by atoms with Gasteiger partial charge in [0.25, 0.3) is 31.5 Å². The van der Waals surface area contributed by atoms with E-state index in [4.69, 9.17) is 83.8 Å². The van der Waals surface area contributed by atoms with E-state index in [1.54, 1.807) is 84.9 Å². The molecule has 0 aromatic heterocycles. The first-order valence-electron chi connectivity index (χ1n) is 24.2. The second kappa shape index (κ2) is 39.0. The summed E-state index contributed by atoms with van der Waals surface area (Å²) in [5, 5.41) is -2.84. The molecule has 6 aromatic carbocycles. The van der Waals surface area contributed by atoms with Gasteiger partial charge in [-0.15, -0.1) is 0 Å². The van der Waals surface area contributed by atoms with Crippen LogP contribution in [0, 0.1) is 0 Å². The molecule has 0 fully saturated rings. The normalized spacial score (nSPS) is 9.96. The molecule has 394 valence electrons. The first kappa shape index (κ1) is 64.6. The minimum Gasteiger partial charge on any atom is -0.494 e. The van der Waals surface area contributed by atoms with Gasteiger partial charge in [0.1, 0.15) is 17.2 Å². The molecule has 9 nitrogen and oxygen atoms in total. The Morgan fingerprint density at radius 3 is 0.797 bits per heavy atom. The van der Waals surface area contributed by atoms with E-state index < -0.39 is 31.5 Å². The van der Waals surface area contributed by atoms with Crippen molar-refractivity contribution in [2.24, 2.45) is 0 Å². The zero-order valence-corrected chi connectivity index (χ0v) is 46.3. The molecular weight excluding hydrogens is 1070 g/mol. The van der Waals surface area contributed by atoms with Gasteiger partial charge in [-0.2, -0.15) is 0 Å². The van der Waals surface area contributed by atoms with E-state index in [0.29, 0.717) is 40.0 Å². The molecule has 6 aromatic rings. The van der Waals surface area contributed by atoms with Crippen molar-refractivity contribution in [2.45, 2.75) is 91.4 Å². The van der Waals surface area contributed by atoms with E-state index >= 15 is 0 Å². The Morgan fingerprint density at radius 1 is 0.284 bits per heavy atom. The van der Waals surface area contributed by atoms with Crippen LogP contribution < -0.4 is 14.2 Å². The number of ether oxygens (including phenoxy) is 3. The summed E-state index contributed by atoms with van der Waals surface area (Å²) in [6, 6.07) is 43.7. The van der Waals surface area contributed by atoms with Gasteiger partial charge in [-0.05, 0) is 209 Å². The summed E-state index contributed by atoms with van der Waals surface area (Å²) < 4.78 is 16.5. The zero-order valence-electron chi connectivity index (χ0n) is 41.8. The largest absolute Gasteiger partial charge is 0.494 e. The summed E-state index contributed by atoms with van der Waals surface area (Å²) in [4.78, 5) is 64.4. The minimum absolute atomic E-state index is 0.346. The molecule has 0 aliphatic heterocycles. The molecule has 6 rings (SSSR count). The molecule has 0 unspecified atom stereocenters. The molecule has 0 saturated heterocycles. The van der Waals surface area contributed by atoms with Crippen LogP contribution in [0.4, 0.5) is 0 Å². The molecule has 0 heterocycles. The van der Waals surface area contributed by atoms with Crippen molar-refractivity contribution < 1.29 is 43.0 Å². The van der Waals surface area contributed by atoms with Crippen LogP contribution in [0.3, 0.4) is 0 Å². The molecular formula is C59H62Cl6O9. The predicted molar refractivity (Wildman–Crippen MR) is 303 cm³/mol. The van der Waals surface area contributed by atoms with Gasteiger partial charge < -0.3 is 14.2 Å². The molecule has 0 radical (unpaired) electrons. The number of carbonyl (C=O) groups is 6. The number of carbonyl (C=O) groups excluding carboxylic acids is 6. The maximum Gasteiger partial charge on any atom is 0.252 e. The zero-order chi connectivity index (χ0) is 54.5. The smallest absolute Gasteiger partial charge is 0.252 e. The van der Waals surface area contributed by atoms with Crippen molar-refractivity contribution in [2.75, 3.05) is 19.8 Å². The molecule has 74 heavy (non-hydrogen) atoms. The van der Waals surface area contributed by atoms with E-state index in [1.807, 2.05) is 42.5 Å². The highest BCUT2D eigenvalue weighted by Crippen LogP contribution is 2.21. The molecule has 0 atom stereocenters. The maximum atomic E-state index is 10.9. The van der Waals surface area contributed by atoms with Gasteiger partial charge in [0.15, 0.2) is 0 Å². The average Bonchev–Trinajstić information content (AvgIpc) is 3.41. The Kier molecular flexibility index (Phi) is 34.0. The molecule has 0 bridgehead atoms. The quantitative estimate of drug-likeness (QED) is 0.0429. The van der Waals surface area contributed by atoms with Gasteiger partial charge in [-0.1, -0.05) is 115 Å². The van der Waals surface area contributed by atoms with E-state index in [9.17, 15) is 28.8 Å². The molecule has 0 amide bonds. The van der Waals surface area contributed by atoms with Gasteiger partial charge in [0.2, 0.25) is 0 Å². The standard InChI is InChI=1S/C14H19ClO2.C13H17ClO2.C13H9ClO.C11H13ClO2.C8H4Cl2O2/c1-2-3-4-5-6-11-17-13-9-7-12(8-10-13)14(15)16;1-2-3-4-5-10-16-12-8-6-11(7-9-12)13(14)15;14-13(15)12-8-6-11(7-9-12)10-4-2-1-3-5-10;1-2-3-8-14-10-6-4-9(5-7-10)11(12)13;9-7(11)5-1-2-6(4-3-5)8(10)12/h7-10H,2-6,11H2,1H3;6-9H,2-5,10H2,1H3;1-9H;4-7H,2-3,8H2,1H3;1-4H. The Labute approximate surface area is 465 Å². The SMILES string of the molecule is CCCCCCCOc1ccc(C(=O)Cl)cc1.CCCCCCOc1ccc(C(=O)Cl)cc1.CCCCOc1ccc(C(=O)Cl)cc1.O=C(Cl)c1ccc(-c2ccccc2)cc1.O=C(Cl)c1ccc(C(=O)Cl)cc1. The monoisotopic (exact) mass is 1120 g/mol. The van der Waals surface area contributed by atoms with Crippen LogP contribution in [0.15, 0.2) is 152 Å². The van der Waals surface area contributed by atoms with Crippen LogP contribution >= 0.6 is 69.6 Å². The van der Waals surface area contributed by atoms with E-state index in [2.05, 4.69) is 20.8 Å². The lowest BCUT2D eigenvalue weighted by atomic mass is 10.0. The second-order valence-electron chi connectivity index (χ2n) is 16.1. The lowest BCUT2D eigenvalue weighted by Crippen LogP contribution is -1.97. The van der Waals surface area contributed by atoms with Gasteiger partial charge in [0.05, 0.1) is 19.8 Å². The van der Waals surface area contributed by atoms with Gasteiger partial charge in [-0.3, -0.25) is 28.8 Å². The fraction of sp³-hybridized carbons (Fsp3) is 0.288. The summed E-state index contributed by atoms with van der Waals surface area (Å²) in [6.45, 7) is 8.67. The third-order valence-electron chi connectivity index (χ3n) is 10.4. The summed E-state index contributed by atoms with van der Waals surface area (Å²) >= 11 is 31.7. The van der Waals surface area contributed by atoms with Gasteiger partial charge in [0, 0.05) is 33.4 Å². The molecule has 0 N–H and O–H groups in total. The number of hydrogen-bond acceptors (Lipinski definition) is 9. The van der Waals surface area contributed by atoms with E-state index in [0.717, 1.165) is 67.3 Å². The number of hydrogen-bond donors (Lipinski definition) is 0. The van der Waals surface area contributed by atoms with Gasteiger partial charge >= 0.3 is 0 Å². The molecule has 0 aliphatic carbocycles. The number of unbranched alkanes of at least 4 members (excludes halogenated alkanes) is 8. The maximum absolute atomic E-state index is 10.9. The summed E-state index contributed by atoms with van der Waals surface area (Å²) in [7, 11) is 0. The molecule has 0 aliphatic rings. The number of rotatable bonds is 24. The highest BCUT2D eigenvalue weighted by Gasteiger charge is 2.06. The number of benzene rings is 6. The fourth-order valence-electron chi connectivity index (χ4n) is 6.15. The van der Waals surface area contributed by atoms with Crippen molar-refractivity contribution >= 4 is 101 Å². The summed E-state index contributed by atoms with van der Waals surface area (Å²) in [5.41, 5.74) is 4.92. The lowest BCUT2D eigenvalue weighted by Gasteiger charge is -2.06. The van der Waals surface area contributed by atoms with Crippen LogP contribution in [0.5, 0.6) is 17.2 Å². The summed E-state index contributed by atoms with van der Waals surface area (Å²) in [5.74, 6) is 2.36. The Balaban J connectivity index is 0.000000318. The third kappa shape index (κ3) is 28.2. The molecule has 0 saturated carbocycles. The highest BCUT2D eigenvalue weighted by atomic mass is 35.5. The average molecular weight is 1130 g/mol. The molecule has 0 spiro atoms. The van der Waals surface area contributed by atoms with Crippen LogP contribution in [-0.2, 0) is 0 Å². The van der Waals surface area contributed by atoms with E-state index in [-0.39, 0.29) is 0 Å². The third-order valence-corrected chi connectivity index (χ3v) is 11.7. The van der Waals surface area contributed by atoms with Crippen molar-refractivity contribution in [3.05, 3.63) is 185 Å². The highest BCUT2D eigenvalue weighted by molar-refractivity contribution is 6.69. The molecule has 15 heteroatoms. The van der Waals surface area contributed by atoms with Crippen LogP contribution in [0.1, 0.15) is 154 Å². The van der Waals surface area contributed by atoms with Crippen LogP contribution in [0.25, 0.3) is 11.1 Å². The number of halogens is 6. The first-order chi connectivity index (χ1) is 35.6. The Morgan fingerprint density at radius 2 is 0.514 bits per heavy atom. The van der Waals surface area contributed by atoms with Crippen LogP contribution in [0.2, 0.25) is 0 Å².